The molecule has 0 bridgehead atoms. The van der Waals surface area contributed by atoms with Crippen LogP contribution in [-0.2, 0) is 10.0 Å². The maximum atomic E-state index is 12.0. The first kappa shape index (κ1) is 15.8. The molecule has 2 amide bonds. The Bertz CT molecular complexity index is 627. The van der Waals surface area contributed by atoms with Crippen molar-refractivity contribution in [1.29, 1.82) is 0 Å². The van der Waals surface area contributed by atoms with Gasteiger partial charge in [0.25, 0.3) is 10.0 Å². The van der Waals surface area contributed by atoms with E-state index in [0.717, 1.165) is 12.1 Å². The summed E-state index contributed by atoms with van der Waals surface area (Å²) in [4.78, 5) is 21.9. The van der Waals surface area contributed by atoms with E-state index in [2.05, 4.69) is 5.32 Å². The van der Waals surface area contributed by atoms with Crippen LogP contribution >= 0.6 is 0 Å². The standard InChI is InChI=1S/C11H15N3O5S/c1-2-5-13-11(17)14-20(18,19)9-4-3-7(12)6-8(9)10(15)16/h3-4,6H,2,5,12H2,1H3,(H,15,16)(H2,13,14,17). The van der Waals surface area contributed by atoms with E-state index in [1.54, 1.807) is 11.6 Å². The van der Waals surface area contributed by atoms with Gasteiger partial charge in [0.2, 0.25) is 0 Å². The first-order valence-electron chi connectivity index (χ1n) is 5.71. The van der Waals surface area contributed by atoms with Crippen molar-refractivity contribution in [2.45, 2.75) is 18.2 Å². The normalized spacial score (nSPS) is 10.8. The average molecular weight is 301 g/mol. The molecule has 0 saturated heterocycles. The molecule has 1 aromatic rings. The zero-order chi connectivity index (χ0) is 15.3. The van der Waals surface area contributed by atoms with Gasteiger partial charge in [-0.3, -0.25) is 0 Å². The molecule has 0 spiro atoms. The SMILES string of the molecule is CCCNC(=O)NS(=O)(=O)c1ccc(N)cc1C(=O)O. The minimum atomic E-state index is -4.28. The van der Waals surface area contributed by atoms with Crippen LogP contribution in [0.2, 0.25) is 0 Å². The smallest absolute Gasteiger partial charge is 0.337 e. The lowest BCUT2D eigenvalue weighted by atomic mass is 10.2. The van der Waals surface area contributed by atoms with Gasteiger partial charge in [-0.2, -0.15) is 0 Å². The number of carboxylic acids is 1. The van der Waals surface area contributed by atoms with Gasteiger partial charge in [0.05, 0.1) is 5.56 Å². The molecule has 0 aromatic heterocycles. The maximum Gasteiger partial charge on any atom is 0.337 e. The van der Waals surface area contributed by atoms with Crippen LogP contribution < -0.4 is 15.8 Å². The van der Waals surface area contributed by atoms with Crippen LogP contribution in [-0.4, -0.2) is 32.1 Å². The van der Waals surface area contributed by atoms with Gasteiger partial charge >= 0.3 is 12.0 Å². The van der Waals surface area contributed by atoms with Gasteiger partial charge in [0.1, 0.15) is 4.90 Å². The number of rotatable bonds is 5. The summed E-state index contributed by atoms with van der Waals surface area (Å²) in [5, 5.41) is 11.3. The van der Waals surface area contributed by atoms with Crippen LogP contribution in [0.4, 0.5) is 10.5 Å². The summed E-state index contributed by atoms with van der Waals surface area (Å²) >= 11 is 0. The molecular formula is C11H15N3O5S. The van der Waals surface area contributed by atoms with Crippen molar-refractivity contribution in [2.75, 3.05) is 12.3 Å². The van der Waals surface area contributed by atoms with Crippen LogP contribution in [0.3, 0.4) is 0 Å². The number of carboxylic acid groups (broad SMARTS) is 1. The molecule has 0 heterocycles. The third-order valence-corrected chi connectivity index (χ3v) is 3.68. The van der Waals surface area contributed by atoms with Crippen LogP contribution in [0.5, 0.6) is 0 Å². The van der Waals surface area contributed by atoms with Crippen molar-refractivity contribution in [1.82, 2.24) is 10.0 Å². The third-order valence-electron chi connectivity index (χ3n) is 2.29. The first-order valence-corrected chi connectivity index (χ1v) is 7.19. The molecule has 110 valence electrons. The summed E-state index contributed by atoms with van der Waals surface area (Å²) < 4.78 is 25.7. The van der Waals surface area contributed by atoms with E-state index in [4.69, 9.17) is 10.8 Å². The largest absolute Gasteiger partial charge is 0.478 e. The molecule has 0 fully saturated rings. The van der Waals surface area contributed by atoms with Crippen molar-refractivity contribution in [2.24, 2.45) is 0 Å². The molecule has 20 heavy (non-hydrogen) atoms. The number of benzene rings is 1. The number of sulfonamides is 1. The molecule has 1 aromatic carbocycles. The van der Waals surface area contributed by atoms with E-state index in [1.165, 1.54) is 6.07 Å². The Morgan fingerprint density at radius 1 is 1.35 bits per heavy atom. The maximum absolute atomic E-state index is 12.0. The highest BCUT2D eigenvalue weighted by Crippen LogP contribution is 2.18. The van der Waals surface area contributed by atoms with Gasteiger partial charge in [0.15, 0.2) is 0 Å². The van der Waals surface area contributed by atoms with Crippen molar-refractivity contribution < 1.29 is 23.1 Å². The Hall–Kier alpha value is -2.29. The highest BCUT2D eigenvalue weighted by molar-refractivity contribution is 7.90. The van der Waals surface area contributed by atoms with Gasteiger partial charge in [-0.1, -0.05) is 6.92 Å². The number of nitrogen functional groups attached to an aromatic ring is 1. The number of anilines is 1. The molecule has 5 N–H and O–H groups in total. The van der Waals surface area contributed by atoms with E-state index < -0.39 is 32.5 Å². The van der Waals surface area contributed by atoms with Gasteiger partial charge in [-0.05, 0) is 24.6 Å². The Balaban J connectivity index is 3.10. The van der Waals surface area contributed by atoms with E-state index in [9.17, 15) is 18.0 Å². The number of amides is 2. The minimum Gasteiger partial charge on any atom is -0.478 e. The fourth-order valence-corrected chi connectivity index (χ4v) is 2.51. The van der Waals surface area contributed by atoms with Crippen LogP contribution in [0.25, 0.3) is 0 Å². The number of carbonyl (C=O) groups is 2. The summed E-state index contributed by atoms with van der Waals surface area (Å²) in [6.07, 6.45) is 0.635. The number of hydrogen-bond acceptors (Lipinski definition) is 5. The van der Waals surface area contributed by atoms with E-state index in [0.29, 0.717) is 13.0 Å². The molecule has 0 aliphatic carbocycles. The minimum absolute atomic E-state index is 0.108. The molecule has 0 aliphatic rings. The second-order valence-electron chi connectivity index (χ2n) is 3.92. The summed E-state index contributed by atoms with van der Waals surface area (Å²) in [5.74, 6) is -1.45. The molecule has 0 saturated carbocycles. The summed E-state index contributed by atoms with van der Waals surface area (Å²) in [7, 11) is -4.28. The second kappa shape index (κ2) is 6.24. The van der Waals surface area contributed by atoms with E-state index >= 15 is 0 Å². The quantitative estimate of drug-likeness (QED) is 0.579. The molecule has 1 rings (SSSR count). The van der Waals surface area contributed by atoms with Crippen molar-refractivity contribution in [3.63, 3.8) is 0 Å². The highest BCUT2D eigenvalue weighted by Gasteiger charge is 2.24. The van der Waals surface area contributed by atoms with Gasteiger partial charge < -0.3 is 16.2 Å². The molecule has 8 nitrogen and oxygen atoms in total. The van der Waals surface area contributed by atoms with Crippen LogP contribution in [0.1, 0.15) is 23.7 Å². The summed E-state index contributed by atoms with van der Waals surface area (Å²) in [6, 6.07) is 2.38. The Morgan fingerprint density at radius 2 is 2.00 bits per heavy atom. The van der Waals surface area contributed by atoms with Crippen molar-refractivity contribution in [3.8, 4) is 0 Å². The molecule has 0 unspecified atom stereocenters. The zero-order valence-electron chi connectivity index (χ0n) is 10.7. The fraction of sp³-hybridized carbons (Fsp3) is 0.273. The number of nitrogens with one attached hydrogen (secondary N) is 2. The molecular weight excluding hydrogens is 286 g/mol. The van der Waals surface area contributed by atoms with E-state index in [-0.39, 0.29) is 5.69 Å². The topological polar surface area (TPSA) is 139 Å². The van der Waals surface area contributed by atoms with Gasteiger partial charge in [0, 0.05) is 12.2 Å². The van der Waals surface area contributed by atoms with Gasteiger partial charge in [-0.15, -0.1) is 0 Å². The highest BCUT2D eigenvalue weighted by atomic mass is 32.2. The summed E-state index contributed by atoms with van der Waals surface area (Å²) in [6.45, 7) is 2.10. The molecule has 0 radical (unpaired) electrons. The lowest BCUT2D eigenvalue weighted by molar-refractivity contribution is 0.0692. The lowest BCUT2D eigenvalue weighted by Gasteiger charge is -2.10. The second-order valence-corrected chi connectivity index (χ2v) is 5.57. The fourth-order valence-electron chi connectivity index (χ4n) is 1.40. The number of aromatic carboxylic acids is 1. The van der Waals surface area contributed by atoms with Crippen molar-refractivity contribution >= 4 is 27.7 Å². The van der Waals surface area contributed by atoms with Gasteiger partial charge in [-0.25, -0.2) is 22.7 Å². The van der Waals surface area contributed by atoms with E-state index in [1.807, 2.05) is 0 Å². The predicted molar refractivity (Wildman–Crippen MR) is 71.8 cm³/mol. The van der Waals surface area contributed by atoms with Crippen molar-refractivity contribution in [3.05, 3.63) is 23.8 Å². The summed E-state index contributed by atoms with van der Waals surface area (Å²) in [5.41, 5.74) is 5.03. The first-order chi connectivity index (χ1) is 9.27. The molecule has 0 aliphatic heterocycles. The predicted octanol–water partition coefficient (Wildman–Crippen LogP) is 0.365. The monoisotopic (exact) mass is 301 g/mol. The third kappa shape index (κ3) is 3.85. The number of nitrogens with two attached hydrogens (primary N) is 1. The zero-order valence-corrected chi connectivity index (χ0v) is 11.5. The Morgan fingerprint density at radius 3 is 2.55 bits per heavy atom. The molecule has 0 atom stereocenters. The Labute approximate surface area is 116 Å². The molecule has 9 heteroatoms. The van der Waals surface area contributed by atoms with Crippen LogP contribution in [0, 0.1) is 0 Å². The number of urea groups is 1. The Kier molecular flexibility index (Phi) is 4.92. The number of hydrogen-bond donors (Lipinski definition) is 4. The van der Waals surface area contributed by atoms with Crippen LogP contribution in [0.15, 0.2) is 23.1 Å². The lowest BCUT2D eigenvalue weighted by Crippen LogP contribution is -2.40. The number of carbonyl (C=O) groups excluding carboxylic acids is 1. The average Bonchev–Trinajstić information content (AvgIpc) is 2.35.